The molecule has 0 saturated heterocycles. The quantitative estimate of drug-likeness (QED) is 0.166. The van der Waals surface area contributed by atoms with E-state index in [1.54, 1.807) is 12.4 Å². The van der Waals surface area contributed by atoms with Gasteiger partial charge >= 0.3 is 0 Å². The van der Waals surface area contributed by atoms with Crippen LogP contribution in [0.1, 0.15) is 11.1 Å². The molecule has 0 aliphatic heterocycles. The fourth-order valence-electron chi connectivity index (χ4n) is 5.18. The Balaban J connectivity index is 1.08. The van der Waals surface area contributed by atoms with Crippen molar-refractivity contribution in [2.75, 3.05) is 4.90 Å². The lowest BCUT2D eigenvalue weighted by Gasteiger charge is -2.25. The van der Waals surface area contributed by atoms with Crippen LogP contribution in [0.3, 0.4) is 0 Å². The van der Waals surface area contributed by atoms with Crippen molar-refractivity contribution in [2.45, 2.75) is 0 Å². The Hall–Kier alpha value is -6.33. The molecule has 0 radical (unpaired) electrons. The zero-order valence-corrected chi connectivity index (χ0v) is 25.0. The fourth-order valence-corrected chi connectivity index (χ4v) is 5.18. The highest BCUT2D eigenvalue weighted by Gasteiger charge is 2.12. The normalized spacial score (nSPS) is 11.0. The van der Waals surface area contributed by atoms with Crippen molar-refractivity contribution in [3.05, 3.63) is 181 Å². The van der Waals surface area contributed by atoms with Gasteiger partial charge in [0, 0.05) is 29.5 Å². The van der Waals surface area contributed by atoms with E-state index < -0.39 is 0 Å². The number of pyridine rings is 3. The van der Waals surface area contributed by atoms with Crippen LogP contribution in [-0.2, 0) is 0 Å². The van der Waals surface area contributed by atoms with Crippen LogP contribution in [0.2, 0.25) is 0 Å². The first kappa shape index (κ1) is 28.4. The van der Waals surface area contributed by atoms with E-state index in [0.29, 0.717) is 0 Å². The Morgan fingerprint density at radius 2 is 0.870 bits per heavy atom. The molecule has 0 aliphatic rings. The zero-order valence-electron chi connectivity index (χ0n) is 25.0. The summed E-state index contributed by atoms with van der Waals surface area (Å²) in [5.41, 5.74) is 8.55. The molecule has 0 saturated carbocycles. The highest BCUT2D eigenvalue weighted by atomic mass is 16.5. The largest absolute Gasteiger partial charge is 0.457 e. The van der Waals surface area contributed by atoms with Crippen LogP contribution < -0.4 is 9.64 Å². The Labute approximate surface area is 268 Å². The molecule has 0 amide bonds. The van der Waals surface area contributed by atoms with Crippen molar-refractivity contribution in [2.24, 2.45) is 0 Å². The average Bonchev–Trinajstić information content (AvgIpc) is 3.14. The summed E-state index contributed by atoms with van der Waals surface area (Å²) < 4.78 is 6.21. The first-order valence-electron chi connectivity index (χ1n) is 15.1. The first-order valence-corrected chi connectivity index (χ1v) is 15.1. The topological polar surface area (TPSA) is 51.1 Å². The zero-order chi connectivity index (χ0) is 31.0. The molecule has 3 heterocycles. The molecule has 0 aliphatic carbocycles. The highest BCUT2D eigenvalue weighted by Crippen LogP contribution is 2.35. The molecule has 0 N–H and O–H groups in total. The molecule has 0 atom stereocenters. The van der Waals surface area contributed by atoms with Crippen molar-refractivity contribution >= 4 is 29.2 Å². The molecule has 5 nitrogen and oxygen atoms in total. The number of para-hydroxylation sites is 2. The number of benzene rings is 4. The lowest BCUT2D eigenvalue weighted by Crippen LogP contribution is -2.09. The lowest BCUT2D eigenvalue weighted by atomic mass is 10.1. The van der Waals surface area contributed by atoms with Crippen molar-refractivity contribution in [1.29, 1.82) is 0 Å². The van der Waals surface area contributed by atoms with Crippen LogP contribution in [0.15, 0.2) is 170 Å². The van der Waals surface area contributed by atoms with E-state index in [1.807, 2.05) is 97.1 Å². The summed E-state index contributed by atoms with van der Waals surface area (Å²) in [4.78, 5) is 16.1. The van der Waals surface area contributed by atoms with Crippen LogP contribution in [0.5, 0.6) is 11.5 Å². The van der Waals surface area contributed by atoms with Gasteiger partial charge in [-0.1, -0.05) is 72.8 Å². The monoisotopic (exact) mass is 594 g/mol. The summed E-state index contributed by atoms with van der Waals surface area (Å²) in [6, 6.07) is 52.7. The van der Waals surface area contributed by atoms with Gasteiger partial charge in [0.1, 0.15) is 11.5 Å². The van der Waals surface area contributed by atoms with Gasteiger partial charge in [-0.15, -0.1) is 0 Å². The molecule has 0 bridgehead atoms. The number of nitrogens with zero attached hydrogens (tertiary/aromatic N) is 4. The van der Waals surface area contributed by atoms with Gasteiger partial charge in [-0.3, -0.25) is 9.97 Å². The van der Waals surface area contributed by atoms with Gasteiger partial charge in [-0.25, -0.2) is 4.98 Å². The van der Waals surface area contributed by atoms with Crippen LogP contribution >= 0.6 is 0 Å². The van der Waals surface area contributed by atoms with Crippen LogP contribution in [0.4, 0.5) is 17.1 Å². The van der Waals surface area contributed by atoms with E-state index in [0.717, 1.165) is 62.5 Å². The van der Waals surface area contributed by atoms with Gasteiger partial charge in [-0.05, 0) is 108 Å². The SMILES string of the molecule is C(=C\c1cc(-c2ccccn2)nc(-c2ccccn2)c1)/c1ccc(Oc2ccc(N(c3ccccc3)c3ccccc3)cc2)cc1. The number of hydrogen-bond acceptors (Lipinski definition) is 5. The second kappa shape index (κ2) is 13.5. The van der Waals surface area contributed by atoms with E-state index in [-0.39, 0.29) is 0 Å². The van der Waals surface area contributed by atoms with Crippen molar-refractivity contribution < 1.29 is 4.74 Å². The number of rotatable bonds is 9. The molecule has 7 rings (SSSR count). The smallest absolute Gasteiger partial charge is 0.127 e. The maximum atomic E-state index is 6.21. The number of aromatic nitrogens is 3. The Morgan fingerprint density at radius 1 is 0.413 bits per heavy atom. The maximum absolute atomic E-state index is 6.21. The van der Waals surface area contributed by atoms with Gasteiger partial charge in [0.05, 0.1) is 22.8 Å². The molecular formula is C41H30N4O. The first-order chi connectivity index (χ1) is 22.8. The number of anilines is 3. The van der Waals surface area contributed by atoms with Gasteiger partial charge in [0.15, 0.2) is 0 Å². The summed E-state index contributed by atoms with van der Waals surface area (Å²) >= 11 is 0. The van der Waals surface area contributed by atoms with Crippen LogP contribution in [-0.4, -0.2) is 15.0 Å². The molecule has 3 aromatic heterocycles. The van der Waals surface area contributed by atoms with Gasteiger partial charge < -0.3 is 9.64 Å². The Kier molecular flexibility index (Phi) is 8.37. The molecule has 46 heavy (non-hydrogen) atoms. The van der Waals surface area contributed by atoms with Gasteiger partial charge in [0.25, 0.3) is 0 Å². The molecule has 4 aromatic carbocycles. The van der Waals surface area contributed by atoms with Gasteiger partial charge in [-0.2, -0.15) is 0 Å². The van der Waals surface area contributed by atoms with Gasteiger partial charge in [0.2, 0.25) is 0 Å². The molecular weight excluding hydrogens is 564 g/mol. The molecule has 0 unspecified atom stereocenters. The summed E-state index contributed by atoms with van der Waals surface area (Å²) in [6.07, 6.45) is 7.73. The third-order valence-electron chi connectivity index (χ3n) is 7.41. The van der Waals surface area contributed by atoms with E-state index in [1.165, 1.54) is 0 Å². The summed E-state index contributed by atoms with van der Waals surface area (Å²) in [5.74, 6) is 1.54. The standard InChI is InChI=1S/C41H30N4O/c1-3-11-33(12-4-1)45(34-13-5-2-6-14-34)35-21-25-37(26-22-35)46-36-23-19-31(20-24-36)17-18-32-29-40(38-15-7-9-27-42-38)44-41(30-32)39-16-8-10-28-43-39/h1-30H/b18-17+. The van der Waals surface area contributed by atoms with Crippen molar-refractivity contribution in [3.8, 4) is 34.3 Å². The summed E-state index contributed by atoms with van der Waals surface area (Å²) in [6.45, 7) is 0. The Morgan fingerprint density at radius 3 is 1.37 bits per heavy atom. The van der Waals surface area contributed by atoms with Crippen molar-refractivity contribution in [3.63, 3.8) is 0 Å². The number of ether oxygens (including phenoxy) is 1. The third-order valence-corrected chi connectivity index (χ3v) is 7.41. The second-order valence-corrected chi connectivity index (χ2v) is 10.6. The minimum Gasteiger partial charge on any atom is -0.457 e. The highest BCUT2D eigenvalue weighted by molar-refractivity contribution is 5.77. The van der Waals surface area contributed by atoms with E-state index in [9.17, 15) is 0 Å². The number of hydrogen-bond donors (Lipinski definition) is 0. The second-order valence-electron chi connectivity index (χ2n) is 10.6. The van der Waals surface area contributed by atoms with E-state index in [4.69, 9.17) is 9.72 Å². The minimum absolute atomic E-state index is 0.770. The van der Waals surface area contributed by atoms with Crippen LogP contribution in [0.25, 0.3) is 34.9 Å². The molecule has 0 fully saturated rings. The third kappa shape index (κ3) is 6.74. The predicted octanol–water partition coefficient (Wildman–Crippen LogP) is 10.6. The average molecular weight is 595 g/mol. The Bertz CT molecular complexity index is 1930. The molecule has 220 valence electrons. The van der Waals surface area contributed by atoms with E-state index in [2.05, 4.69) is 87.7 Å². The lowest BCUT2D eigenvalue weighted by molar-refractivity contribution is 0.482. The summed E-state index contributed by atoms with van der Waals surface area (Å²) in [5, 5.41) is 0. The maximum Gasteiger partial charge on any atom is 0.127 e. The predicted molar refractivity (Wildman–Crippen MR) is 187 cm³/mol. The summed E-state index contributed by atoms with van der Waals surface area (Å²) in [7, 11) is 0. The van der Waals surface area contributed by atoms with Crippen LogP contribution in [0, 0.1) is 0 Å². The fraction of sp³-hybridized carbons (Fsp3) is 0. The molecule has 5 heteroatoms. The molecule has 0 spiro atoms. The van der Waals surface area contributed by atoms with E-state index >= 15 is 0 Å². The molecule has 7 aromatic rings. The van der Waals surface area contributed by atoms with Crippen molar-refractivity contribution in [1.82, 2.24) is 15.0 Å². The minimum atomic E-state index is 0.770.